The lowest BCUT2D eigenvalue weighted by molar-refractivity contribution is -0.121. The first-order chi connectivity index (χ1) is 16.5. The first-order valence-corrected chi connectivity index (χ1v) is 11.9. The third kappa shape index (κ3) is 7.50. The molecule has 0 aromatic heterocycles. The number of carbonyl (C=O) groups is 2. The van der Waals surface area contributed by atoms with Gasteiger partial charge in [-0.25, -0.2) is 9.18 Å². The number of nitrogens with zero attached hydrogens (tertiary/aromatic N) is 1. The second-order valence-corrected chi connectivity index (χ2v) is 9.68. The first-order valence-electron chi connectivity index (χ1n) is 11.9. The van der Waals surface area contributed by atoms with Crippen LogP contribution in [-0.4, -0.2) is 61.5 Å². The third-order valence-electron chi connectivity index (χ3n) is 5.52. The van der Waals surface area contributed by atoms with E-state index >= 15 is 4.39 Å². The highest BCUT2D eigenvalue weighted by Gasteiger charge is 2.35. The van der Waals surface area contributed by atoms with E-state index in [1.165, 1.54) is 13.0 Å². The van der Waals surface area contributed by atoms with Crippen LogP contribution in [0.5, 0.6) is 0 Å². The van der Waals surface area contributed by atoms with Crippen LogP contribution in [0.4, 0.5) is 9.18 Å². The van der Waals surface area contributed by atoms with Gasteiger partial charge < -0.3 is 24.4 Å². The van der Waals surface area contributed by atoms with E-state index in [2.05, 4.69) is 5.32 Å². The molecule has 3 rings (SSSR count). The number of amides is 2. The van der Waals surface area contributed by atoms with Gasteiger partial charge in [-0.15, -0.1) is 0 Å². The van der Waals surface area contributed by atoms with Gasteiger partial charge in [0.25, 0.3) is 0 Å². The number of aryl methyl sites for hydroxylation is 1. The monoisotopic (exact) mass is 486 g/mol. The highest BCUT2D eigenvalue weighted by molar-refractivity contribution is 5.72. The fourth-order valence-corrected chi connectivity index (χ4v) is 4.04. The molecule has 2 aromatic rings. The zero-order valence-corrected chi connectivity index (χ0v) is 21.1. The summed E-state index contributed by atoms with van der Waals surface area (Å²) >= 11 is 0. The summed E-state index contributed by atoms with van der Waals surface area (Å²) in [6, 6.07) is 12.5. The van der Waals surface area contributed by atoms with Crippen LogP contribution in [0.15, 0.2) is 42.5 Å². The number of halogens is 1. The predicted molar refractivity (Wildman–Crippen MR) is 131 cm³/mol. The second kappa shape index (κ2) is 11.6. The highest BCUT2D eigenvalue weighted by Crippen LogP contribution is 2.36. The van der Waals surface area contributed by atoms with E-state index in [9.17, 15) is 9.59 Å². The number of ether oxygens (including phenoxy) is 3. The molecule has 1 saturated heterocycles. The molecule has 8 heteroatoms. The largest absolute Gasteiger partial charge is 0.444 e. The Balaban J connectivity index is 1.94. The summed E-state index contributed by atoms with van der Waals surface area (Å²) in [5, 5.41) is 2.71. The molecule has 1 unspecified atom stereocenters. The molecular weight excluding hydrogens is 451 g/mol. The average molecular weight is 487 g/mol. The average Bonchev–Trinajstić information content (AvgIpc) is 2.78. The zero-order chi connectivity index (χ0) is 25.6. The molecular formula is C27H35FN2O5. The third-order valence-corrected chi connectivity index (χ3v) is 5.52. The molecule has 0 radical (unpaired) electrons. The maximum Gasteiger partial charge on any atom is 0.410 e. The maximum atomic E-state index is 15.2. The number of carbonyl (C=O) groups excluding carboxylic acids is 2. The van der Waals surface area contributed by atoms with Crippen molar-refractivity contribution in [3.8, 4) is 11.1 Å². The Bertz CT molecular complexity index is 1040. The van der Waals surface area contributed by atoms with Gasteiger partial charge in [0.2, 0.25) is 5.91 Å². The molecule has 35 heavy (non-hydrogen) atoms. The van der Waals surface area contributed by atoms with Crippen molar-refractivity contribution in [2.75, 3.05) is 32.8 Å². The number of rotatable bonds is 7. The number of hydrogen-bond donors (Lipinski definition) is 1. The molecule has 0 spiro atoms. The standard InChI is InChI=1S/C27H35FN2O5/c1-18-8-6-9-20(16-18)24-21(10-7-11-22(24)28)25(34-14-12-29-19(2)31)23-17-30(13-15-33-23)26(32)35-27(3,4)5/h6-11,16,23,25H,12-15,17H2,1-5H3,(H,29,31)/t23?,25-/m0/s1. The Hall–Kier alpha value is -2.97. The Morgan fingerprint density at radius 1 is 1.23 bits per heavy atom. The minimum Gasteiger partial charge on any atom is -0.444 e. The second-order valence-electron chi connectivity index (χ2n) is 9.68. The minimum atomic E-state index is -0.680. The number of hydrogen-bond acceptors (Lipinski definition) is 5. The first kappa shape index (κ1) is 26.6. The lowest BCUT2D eigenvalue weighted by Crippen LogP contribution is -2.49. The fourth-order valence-electron chi connectivity index (χ4n) is 4.04. The van der Waals surface area contributed by atoms with Gasteiger partial charge in [-0.05, 0) is 44.9 Å². The molecule has 1 heterocycles. The molecule has 2 aromatic carbocycles. The topological polar surface area (TPSA) is 77.1 Å². The molecule has 2 atom stereocenters. The van der Waals surface area contributed by atoms with Crippen LogP contribution in [0, 0.1) is 12.7 Å². The number of benzene rings is 2. The van der Waals surface area contributed by atoms with E-state index in [0.29, 0.717) is 30.8 Å². The summed E-state index contributed by atoms with van der Waals surface area (Å²) in [4.78, 5) is 25.6. The summed E-state index contributed by atoms with van der Waals surface area (Å²) in [6.07, 6.45) is -1.67. The van der Waals surface area contributed by atoms with Crippen LogP contribution in [0.2, 0.25) is 0 Å². The van der Waals surface area contributed by atoms with Crippen LogP contribution >= 0.6 is 0 Å². The predicted octanol–water partition coefficient (Wildman–Crippen LogP) is 4.63. The molecule has 0 saturated carbocycles. The van der Waals surface area contributed by atoms with Crippen molar-refractivity contribution in [2.45, 2.75) is 52.4 Å². The normalized spacial score (nSPS) is 17.1. The van der Waals surface area contributed by atoms with Gasteiger partial charge in [0.15, 0.2) is 0 Å². The lowest BCUT2D eigenvalue weighted by atomic mass is 9.92. The van der Waals surface area contributed by atoms with Gasteiger partial charge in [0.1, 0.15) is 23.6 Å². The van der Waals surface area contributed by atoms with Gasteiger partial charge >= 0.3 is 6.09 Å². The van der Waals surface area contributed by atoms with Crippen molar-refractivity contribution in [1.29, 1.82) is 0 Å². The molecule has 1 aliphatic rings. The van der Waals surface area contributed by atoms with Gasteiger partial charge in [0, 0.05) is 25.6 Å². The van der Waals surface area contributed by atoms with Gasteiger partial charge in [-0.1, -0.05) is 42.0 Å². The van der Waals surface area contributed by atoms with E-state index < -0.39 is 23.9 Å². The summed E-state index contributed by atoms with van der Waals surface area (Å²) in [5.41, 5.74) is 2.16. The van der Waals surface area contributed by atoms with E-state index in [-0.39, 0.29) is 24.9 Å². The van der Waals surface area contributed by atoms with Crippen LogP contribution in [0.3, 0.4) is 0 Å². The van der Waals surface area contributed by atoms with Crippen LogP contribution in [-0.2, 0) is 19.0 Å². The van der Waals surface area contributed by atoms with Crippen LogP contribution in [0.1, 0.15) is 44.9 Å². The fraction of sp³-hybridized carbons (Fsp3) is 0.481. The number of morpholine rings is 1. The van der Waals surface area contributed by atoms with E-state index in [1.54, 1.807) is 11.0 Å². The Labute approximate surface area is 206 Å². The lowest BCUT2D eigenvalue weighted by Gasteiger charge is -2.38. The summed E-state index contributed by atoms with van der Waals surface area (Å²) in [7, 11) is 0. The quantitative estimate of drug-likeness (QED) is 0.578. The van der Waals surface area contributed by atoms with E-state index in [0.717, 1.165) is 11.1 Å². The van der Waals surface area contributed by atoms with E-state index in [1.807, 2.05) is 58.0 Å². The van der Waals surface area contributed by atoms with Crippen molar-refractivity contribution >= 4 is 12.0 Å². The van der Waals surface area contributed by atoms with Crippen molar-refractivity contribution in [2.24, 2.45) is 0 Å². The Morgan fingerprint density at radius 3 is 2.66 bits per heavy atom. The van der Waals surface area contributed by atoms with Crippen molar-refractivity contribution in [3.05, 3.63) is 59.4 Å². The summed E-state index contributed by atoms with van der Waals surface area (Å²) in [6.45, 7) is 10.2. The maximum absolute atomic E-state index is 15.2. The van der Waals surface area contributed by atoms with Crippen LogP contribution < -0.4 is 5.32 Å². The Kier molecular flexibility index (Phi) is 8.86. The minimum absolute atomic E-state index is 0.165. The van der Waals surface area contributed by atoms with E-state index in [4.69, 9.17) is 14.2 Å². The van der Waals surface area contributed by atoms with Gasteiger partial charge in [0.05, 0.1) is 19.8 Å². The molecule has 190 valence electrons. The molecule has 1 fully saturated rings. The molecule has 0 bridgehead atoms. The molecule has 1 N–H and O–H groups in total. The summed E-state index contributed by atoms with van der Waals surface area (Å²) < 4.78 is 33.0. The molecule has 7 nitrogen and oxygen atoms in total. The van der Waals surface area contributed by atoms with Gasteiger partial charge in [-0.3, -0.25) is 4.79 Å². The Morgan fingerprint density at radius 2 is 1.97 bits per heavy atom. The van der Waals surface area contributed by atoms with Crippen molar-refractivity contribution in [3.63, 3.8) is 0 Å². The van der Waals surface area contributed by atoms with Crippen LogP contribution in [0.25, 0.3) is 11.1 Å². The summed E-state index contributed by atoms with van der Waals surface area (Å²) in [5.74, 6) is -0.537. The molecule has 1 aliphatic heterocycles. The van der Waals surface area contributed by atoms with Gasteiger partial charge in [-0.2, -0.15) is 0 Å². The molecule has 0 aliphatic carbocycles. The van der Waals surface area contributed by atoms with Crippen molar-refractivity contribution in [1.82, 2.24) is 10.2 Å². The SMILES string of the molecule is CC(=O)NCCO[C@@H](c1cccc(F)c1-c1cccc(C)c1)C1CN(C(=O)OC(C)(C)C)CCO1. The molecule has 2 amide bonds. The zero-order valence-electron chi connectivity index (χ0n) is 21.1. The number of nitrogens with one attached hydrogen (secondary N) is 1. The highest BCUT2D eigenvalue weighted by atomic mass is 19.1. The van der Waals surface area contributed by atoms with Crippen molar-refractivity contribution < 1.29 is 28.2 Å². The smallest absolute Gasteiger partial charge is 0.410 e.